The predicted molar refractivity (Wildman–Crippen MR) is 120 cm³/mol. The summed E-state index contributed by atoms with van der Waals surface area (Å²) in [4.78, 5) is 24.2. The van der Waals surface area contributed by atoms with Gasteiger partial charge in [-0.05, 0) is 30.7 Å². The number of nitrogens with zero attached hydrogens (tertiary/aromatic N) is 2. The number of Topliss-reactive ketones (excluding diaryl/α,β-unsaturated/α-hetero) is 1. The third-order valence-electron chi connectivity index (χ3n) is 4.64. The van der Waals surface area contributed by atoms with Crippen molar-refractivity contribution in [2.75, 3.05) is 7.11 Å². The second kappa shape index (κ2) is 10.1. The minimum atomic E-state index is -0.956. The van der Waals surface area contributed by atoms with Crippen LogP contribution in [-0.4, -0.2) is 35.4 Å². The highest BCUT2D eigenvalue weighted by Crippen LogP contribution is 2.21. The van der Waals surface area contributed by atoms with Crippen LogP contribution in [0.15, 0.2) is 89.1 Å². The first kappa shape index (κ1) is 21.6. The lowest BCUT2D eigenvalue weighted by molar-refractivity contribution is -0.136. The van der Waals surface area contributed by atoms with Gasteiger partial charge in [-0.15, -0.1) is 5.10 Å². The number of aliphatic carboxylic acids is 1. The molecule has 0 atom stereocenters. The summed E-state index contributed by atoms with van der Waals surface area (Å²) < 4.78 is 5.24. The third-order valence-corrected chi connectivity index (χ3v) is 4.64. The standard InChI is InChI=1S/C25H22N2O4/c1-17(20-13-14-22(31-2)21(15-20)16-23(28)29)26-27-24(18-9-5-3-6-10-18)25(30)19-11-7-4-8-12-19/h3-15H,16H2,1-2H3,(H,28,29)/b26-17-,27-24-. The van der Waals surface area contributed by atoms with E-state index in [1.807, 2.05) is 36.4 Å². The largest absolute Gasteiger partial charge is 0.496 e. The van der Waals surface area contributed by atoms with E-state index in [9.17, 15) is 9.59 Å². The zero-order valence-electron chi connectivity index (χ0n) is 17.3. The first-order chi connectivity index (χ1) is 15.0. The van der Waals surface area contributed by atoms with E-state index in [4.69, 9.17) is 9.84 Å². The Morgan fingerprint density at radius 2 is 1.45 bits per heavy atom. The molecule has 31 heavy (non-hydrogen) atoms. The second-order valence-corrected chi connectivity index (χ2v) is 6.79. The fraction of sp³-hybridized carbons (Fsp3) is 0.120. The number of benzene rings is 3. The van der Waals surface area contributed by atoms with Crippen LogP contribution in [0.2, 0.25) is 0 Å². The Balaban J connectivity index is 2.01. The van der Waals surface area contributed by atoms with Crippen molar-refractivity contribution in [2.45, 2.75) is 13.3 Å². The van der Waals surface area contributed by atoms with Crippen molar-refractivity contribution >= 4 is 23.2 Å². The molecule has 0 aliphatic rings. The molecule has 0 bridgehead atoms. The number of hydrogen-bond acceptors (Lipinski definition) is 5. The highest BCUT2D eigenvalue weighted by atomic mass is 16.5. The third kappa shape index (κ3) is 5.51. The average molecular weight is 414 g/mol. The van der Waals surface area contributed by atoms with Gasteiger partial charge in [-0.25, -0.2) is 0 Å². The highest BCUT2D eigenvalue weighted by Gasteiger charge is 2.16. The lowest BCUT2D eigenvalue weighted by Gasteiger charge is -2.09. The average Bonchev–Trinajstić information content (AvgIpc) is 2.79. The van der Waals surface area contributed by atoms with E-state index in [-0.39, 0.29) is 17.9 Å². The van der Waals surface area contributed by atoms with Gasteiger partial charge in [0.1, 0.15) is 11.5 Å². The van der Waals surface area contributed by atoms with Gasteiger partial charge in [-0.2, -0.15) is 5.10 Å². The first-order valence-electron chi connectivity index (χ1n) is 9.66. The molecule has 3 aromatic rings. The van der Waals surface area contributed by atoms with Crippen molar-refractivity contribution < 1.29 is 19.4 Å². The Bertz CT molecular complexity index is 1140. The molecule has 1 N–H and O–H groups in total. The summed E-state index contributed by atoms with van der Waals surface area (Å²) in [6.45, 7) is 1.76. The number of carbonyl (C=O) groups excluding carboxylic acids is 1. The molecule has 156 valence electrons. The normalized spacial score (nSPS) is 11.8. The van der Waals surface area contributed by atoms with E-state index in [1.165, 1.54) is 7.11 Å². The summed E-state index contributed by atoms with van der Waals surface area (Å²) in [6, 6.07) is 23.2. The summed E-state index contributed by atoms with van der Waals surface area (Å²) in [7, 11) is 1.49. The van der Waals surface area contributed by atoms with Gasteiger partial charge in [0.2, 0.25) is 5.78 Å². The van der Waals surface area contributed by atoms with Gasteiger partial charge >= 0.3 is 5.97 Å². The Morgan fingerprint density at radius 1 is 0.839 bits per heavy atom. The number of ether oxygens (including phenoxy) is 1. The van der Waals surface area contributed by atoms with Crippen LogP contribution in [0.3, 0.4) is 0 Å². The lowest BCUT2D eigenvalue weighted by atomic mass is 10.0. The number of ketones is 1. The molecule has 0 aromatic heterocycles. The Labute approximate surface area is 180 Å². The minimum Gasteiger partial charge on any atom is -0.496 e. The van der Waals surface area contributed by atoms with Crippen LogP contribution in [0.4, 0.5) is 0 Å². The number of hydrogen-bond donors (Lipinski definition) is 1. The van der Waals surface area contributed by atoms with Crippen molar-refractivity contribution in [3.63, 3.8) is 0 Å². The quantitative estimate of drug-likeness (QED) is 0.336. The molecule has 0 saturated heterocycles. The van der Waals surface area contributed by atoms with Crippen molar-refractivity contribution in [2.24, 2.45) is 10.2 Å². The van der Waals surface area contributed by atoms with Crippen LogP contribution in [0.5, 0.6) is 5.75 Å². The lowest BCUT2D eigenvalue weighted by Crippen LogP contribution is -2.15. The molecular formula is C25H22N2O4. The predicted octanol–water partition coefficient (Wildman–Crippen LogP) is 4.42. The molecule has 0 radical (unpaired) electrons. The topological polar surface area (TPSA) is 88.3 Å². The maximum atomic E-state index is 13.1. The van der Waals surface area contributed by atoms with Gasteiger partial charge in [-0.3, -0.25) is 9.59 Å². The molecule has 0 amide bonds. The van der Waals surface area contributed by atoms with E-state index < -0.39 is 5.97 Å². The van der Waals surface area contributed by atoms with E-state index >= 15 is 0 Å². The number of carboxylic acid groups (broad SMARTS) is 1. The maximum absolute atomic E-state index is 13.1. The minimum absolute atomic E-state index is 0.171. The smallest absolute Gasteiger partial charge is 0.307 e. The monoisotopic (exact) mass is 414 g/mol. The SMILES string of the molecule is COc1ccc(/C(C)=N\N=C(/C(=O)c2ccccc2)c2ccccc2)cc1CC(=O)O. The van der Waals surface area contributed by atoms with Crippen LogP contribution < -0.4 is 4.74 Å². The molecule has 3 aromatic carbocycles. The fourth-order valence-corrected chi connectivity index (χ4v) is 3.04. The van der Waals surface area contributed by atoms with Gasteiger partial charge in [0, 0.05) is 16.7 Å². The zero-order valence-corrected chi connectivity index (χ0v) is 17.3. The number of carboxylic acids is 1. The van der Waals surface area contributed by atoms with Crippen molar-refractivity contribution in [3.8, 4) is 5.75 Å². The van der Waals surface area contributed by atoms with Gasteiger partial charge < -0.3 is 9.84 Å². The van der Waals surface area contributed by atoms with Crippen molar-refractivity contribution in [1.82, 2.24) is 0 Å². The summed E-state index contributed by atoms with van der Waals surface area (Å²) in [5, 5.41) is 17.7. The van der Waals surface area contributed by atoms with E-state index in [2.05, 4.69) is 10.2 Å². The number of carbonyl (C=O) groups is 2. The molecule has 3 rings (SSSR count). The Morgan fingerprint density at radius 3 is 2.03 bits per heavy atom. The van der Waals surface area contributed by atoms with Gasteiger partial charge in [-0.1, -0.05) is 60.7 Å². The zero-order chi connectivity index (χ0) is 22.2. The summed E-state index contributed by atoms with van der Waals surface area (Å²) in [5.74, 6) is -0.695. The van der Waals surface area contributed by atoms with Crippen LogP contribution in [0.25, 0.3) is 0 Å². The molecule has 0 heterocycles. The molecular weight excluding hydrogens is 392 g/mol. The molecule has 0 aliphatic heterocycles. The molecule has 0 aliphatic carbocycles. The Hall–Kier alpha value is -4.06. The van der Waals surface area contributed by atoms with E-state index in [1.54, 1.807) is 49.4 Å². The number of methoxy groups -OCH3 is 1. The molecule has 0 unspecified atom stereocenters. The van der Waals surface area contributed by atoms with Crippen LogP contribution in [0.1, 0.15) is 34.0 Å². The van der Waals surface area contributed by atoms with Crippen LogP contribution in [-0.2, 0) is 11.2 Å². The first-order valence-corrected chi connectivity index (χ1v) is 9.66. The molecule has 0 fully saturated rings. The summed E-state index contributed by atoms with van der Waals surface area (Å²) >= 11 is 0. The van der Waals surface area contributed by atoms with Gasteiger partial charge in [0.05, 0.1) is 19.2 Å². The second-order valence-electron chi connectivity index (χ2n) is 6.79. The molecule has 6 heteroatoms. The van der Waals surface area contributed by atoms with Crippen molar-refractivity contribution in [1.29, 1.82) is 0 Å². The van der Waals surface area contributed by atoms with Crippen LogP contribution in [0, 0.1) is 0 Å². The van der Waals surface area contributed by atoms with Gasteiger partial charge in [0.15, 0.2) is 0 Å². The highest BCUT2D eigenvalue weighted by molar-refractivity contribution is 6.51. The Kier molecular flexibility index (Phi) is 7.06. The van der Waals surface area contributed by atoms with Crippen molar-refractivity contribution in [3.05, 3.63) is 101 Å². The maximum Gasteiger partial charge on any atom is 0.307 e. The summed E-state index contributed by atoms with van der Waals surface area (Å²) in [5.41, 5.74) is 3.18. The molecule has 0 spiro atoms. The van der Waals surface area contributed by atoms with E-state index in [0.717, 1.165) is 0 Å². The van der Waals surface area contributed by atoms with E-state index in [0.29, 0.717) is 33.7 Å². The summed E-state index contributed by atoms with van der Waals surface area (Å²) in [6.07, 6.45) is -0.171. The van der Waals surface area contributed by atoms with Crippen LogP contribution >= 0.6 is 0 Å². The molecule has 0 saturated carbocycles. The fourth-order valence-electron chi connectivity index (χ4n) is 3.04. The van der Waals surface area contributed by atoms with Gasteiger partial charge in [0.25, 0.3) is 0 Å². The molecule has 6 nitrogen and oxygen atoms in total. The number of rotatable bonds is 8.